The molecule has 1 heterocycles. The molecule has 0 aliphatic carbocycles. The van der Waals surface area contributed by atoms with Gasteiger partial charge in [0.05, 0.1) is 10.0 Å². The van der Waals surface area contributed by atoms with Crippen LogP contribution in [0.15, 0.2) is 48.6 Å². The van der Waals surface area contributed by atoms with Crippen molar-refractivity contribution in [3.05, 3.63) is 81.4 Å². The minimum atomic E-state index is -0.468. The lowest BCUT2D eigenvalue weighted by molar-refractivity contribution is -0.117. The summed E-state index contributed by atoms with van der Waals surface area (Å²) in [6.07, 6.45) is 6.99. The van der Waals surface area contributed by atoms with Crippen molar-refractivity contribution in [3.8, 4) is 0 Å². The Kier molecular flexibility index (Phi) is 12.2. The molecule has 0 aromatic heterocycles. The van der Waals surface area contributed by atoms with E-state index in [9.17, 15) is 18.4 Å². The third-order valence-corrected chi connectivity index (χ3v) is 6.83. The van der Waals surface area contributed by atoms with E-state index in [1.54, 1.807) is 12.1 Å². The molecule has 2 amide bonds. The molecule has 0 bridgehead atoms. The van der Waals surface area contributed by atoms with Gasteiger partial charge in [0, 0.05) is 62.5 Å². The van der Waals surface area contributed by atoms with Crippen LogP contribution < -0.4 is 10.6 Å². The summed E-state index contributed by atoms with van der Waals surface area (Å²) < 4.78 is 27.5. The van der Waals surface area contributed by atoms with Crippen LogP contribution in [-0.2, 0) is 9.59 Å². The molecule has 3 rings (SSSR count). The average molecular weight is 565 g/mol. The minimum Gasteiger partial charge on any atom is -0.353 e. The maximum absolute atomic E-state index is 13.8. The van der Waals surface area contributed by atoms with Gasteiger partial charge < -0.3 is 20.4 Å². The van der Waals surface area contributed by atoms with E-state index in [2.05, 4.69) is 20.4 Å². The van der Waals surface area contributed by atoms with Crippen molar-refractivity contribution in [2.75, 3.05) is 52.4 Å². The van der Waals surface area contributed by atoms with Gasteiger partial charge in [0.1, 0.15) is 11.6 Å². The quantitative estimate of drug-likeness (QED) is 0.291. The highest BCUT2D eigenvalue weighted by atomic mass is 35.5. The Hall–Kier alpha value is -2.78. The fourth-order valence-electron chi connectivity index (χ4n) is 4.04. The van der Waals surface area contributed by atoms with Crippen LogP contribution in [0.3, 0.4) is 0 Å². The largest absolute Gasteiger partial charge is 0.353 e. The number of rotatable bonds is 12. The summed E-state index contributed by atoms with van der Waals surface area (Å²) in [6, 6.07) is 8.79. The van der Waals surface area contributed by atoms with E-state index < -0.39 is 11.6 Å². The smallest absolute Gasteiger partial charge is 0.244 e. The fourth-order valence-corrected chi connectivity index (χ4v) is 4.49. The average Bonchev–Trinajstić information content (AvgIpc) is 2.89. The van der Waals surface area contributed by atoms with Crippen molar-refractivity contribution < 1.29 is 18.4 Å². The van der Waals surface area contributed by atoms with Crippen LogP contribution in [0.5, 0.6) is 0 Å². The number of carbonyl (C=O) groups excluding carboxylic acids is 2. The highest BCUT2D eigenvalue weighted by molar-refractivity contribution is 6.32. The topological polar surface area (TPSA) is 64.7 Å². The molecular formula is C28H32Cl2F2N4O2. The highest BCUT2D eigenvalue weighted by Gasteiger charge is 2.16. The molecule has 204 valence electrons. The van der Waals surface area contributed by atoms with Gasteiger partial charge in [-0.15, -0.1) is 0 Å². The van der Waals surface area contributed by atoms with Crippen molar-refractivity contribution in [2.24, 2.45) is 0 Å². The molecule has 0 atom stereocenters. The standard InChI is InChI=1S/C28H32Cl2F2N4O2/c29-23-5-1-7-25(31)21(23)9-11-27(37)33-13-3-15-35-17-19-36(20-18-35)16-4-14-34-28(38)12-10-22-24(30)6-2-8-26(22)32/h1-2,5-12H,3-4,13-20H2,(H,33,37)(H,34,38)/b11-9+,12-10+. The molecule has 2 aromatic rings. The normalized spacial score (nSPS) is 14.8. The number of amides is 2. The van der Waals surface area contributed by atoms with Crippen LogP contribution in [-0.4, -0.2) is 74.0 Å². The summed E-state index contributed by atoms with van der Waals surface area (Å²) in [5.41, 5.74) is 0.401. The second-order valence-electron chi connectivity index (χ2n) is 8.91. The van der Waals surface area contributed by atoms with Crippen molar-refractivity contribution in [2.45, 2.75) is 12.8 Å². The second kappa shape index (κ2) is 15.6. The molecule has 1 aliphatic heterocycles. The zero-order valence-corrected chi connectivity index (χ0v) is 22.6. The van der Waals surface area contributed by atoms with Crippen molar-refractivity contribution in [1.29, 1.82) is 0 Å². The summed E-state index contributed by atoms with van der Waals surface area (Å²) in [7, 11) is 0. The van der Waals surface area contributed by atoms with Gasteiger partial charge in [-0.25, -0.2) is 8.78 Å². The molecule has 2 N–H and O–H groups in total. The van der Waals surface area contributed by atoms with E-state index >= 15 is 0 Å². The molecule has 6 nitrogen and oxygen atoms in total. The van der Waals surface area contributed by atoms with Crippen LogP contribution in [0.25, 0.3) is 12.2 Å². The summed E-state index contributed by atoms with van der Waals surface area (Å²) in [4.78, 5) is 28.7. The Morgan fingerprint density at radius 1 is 0.737 bits per heavy atom. The van der Waals surface area contributed by atoms with E-state index in [0.29, 0.717) is 13.1 Å². The predicted octanol–water partition coefficient (Wildman–Crippen LogP) is 4.63. The third kappa shape index (κ3) is 9.83. The molecule has 1 fully saturated rings. The molecule has 0 radical (unpaired) electrons. The molecule has 10 heteroatoms. The number of piperazine rings is 1. The van der Waals surface area contributed by atoms with E-state index in [0.717, 1.165) is 52.1 Å². The van der Waals surface area contributed by atoms with Gasteiger partial charge in [-0.05, 0) is 62.3 Å². The minimum absolute atomic E-state index is 0.200. The van der Waals surface area contributed by atoms with Crippen LogP contribution in [0.4, 0.5) is 8.78 Å². The maximum Gasteiger partial charge on any atom is 0.244 e. The van der Waals surface area contributed by atoms with Crippen molar-refractivity contribution in [3.63, 3.8) is 0 Å². The molecule has 1 aliphatic rings. The van der Waals surface area contributed by atoms with Crippen LogP contribution in [0.2, 0.25) is 10.0 Å². The summed E-state index contributed by atoms with van der Waals surface area (Å²) in [6.45, 7) is 6.60. The predicted molar refractivity (Wildman–Crippen MR) is 149 cm³/mol. The van der Waals surface area contributed by atoms with Gasteiger partial charge in [0.2, 0.25) is 11.8 Å². The maximum atomic E-state index is 13.8. The summed E-state index contributed by atoms with van der Waals surface area (Å²) in [5.74, 6) is -1.50. The Morgan fingerprint density at radius 2 is 1.13 bits per heavy atom. The summed E-state index contributed by atoms with van der Waals surface area (Å²) >= 11 is 11.9. The first-order valence-electron chi connectivity index (χ1n) is 12.6. The summed E-state index contributed by atoms with van der Waals surface area (Å²) in [5, 5.41) is 6.15. The molecule has 0 unspecified atom stereocenters. The lowest BCUT2D eigenvalue weighted by Crippen LogP contribution is -2.47. The zero-order valence-electron chi connectivity index (χ0n) is 21.1. The van der Waals surface area contributed by atoms with E-state index in [1.807, 2.05) is 0 Å². The zero-order chi connectivity index (χ0) is 27.3. The van der Waals surface area contributed by atoms with Crippen LogP contribution >= 0.6 is 23.2 Å². The first-order chi connectivity index (χ1) is 18.3. The van der Waals surface area contributed by atoms with Gasteiger partial charge in [-0.2, -0.15) is 0 Å². The highest BCUT2D eigenvalue weighted by Crippen LogP contribution is 2.21. The van der Waals surface area contributed by atoms with E-state index in [4.69, 9.17) is 23.2 Å². The number of nitrogens with zero attached hydrogens (tertiary/aromatic N) is 2. The van der Waals surface area contributed by atoms with Gasteiger partial charge in [0.25, 0.3) is 0 Å². The number of hydrogen-bond donors (Lipinski definition) is 2. The lowest BCUT2D eigenvalue weighted by Gasteiger charge is -2.34. The Morgan fingerprint density at radius 3 is 1.50 bits per heavy atom. The van der Waals surface area contributed by atoms with Crippen LogP contribution in [0.1, 0.15) is 24.0 Å². The Balaban J connectivity index is 1.23. The Labute approximate surface area is 232 Å². The van der Waals surface area contributed by atoms with Gasteiger partial charge in [-0.1, -0.05) is 35.3 Å². The monoisotopic (exact) mass is 564 g/mol. The lowest BCUT2D eigenvalue weighted by atomic mass is 10.2. The number of benzene rings is 2. The second-order valence-corrected chi connectivity index (χ2v) is 9.72. The first kappa shape index (κ1) is 29.8. The molecule has 2 aromatic carbocycles. The Bertz CT molecular complexity index is 1020. The third-order valence-electron chi connectivity index (χ3n) is 6.17. The van der Waals surface area contributed by atoms with Crippen LogP contribution in [0, 0.1) is 11.6 Å². The SMILES string of the molecule is O=C(/C=C/c1c(F)cccc1Cl)NCCCN1CCN(CCCNC(=O)/C=C/c2c(F)cccc2Cl)CC1. The molecule has 1 saturated heterocycles. The van der Waals surface area contributed by atoms with Gasteiger partial charge in [0.15, 0.2) is 0 Å². The van der Waals surface area contributed by atoms with Crippen molar-refractivity contribution >= 4 is 47.2 Å². The molecule has 38 heavy (non-hydrogen) atoms. The number of hydrogen-bond acceptors (Lipinski definition) is 4. The number of carbonyl (C=O) groups is 2. The molecular weight excluding hydrogens is 533 g/mol. The van der Waals surface area contributed by atoms with Gasteiger partial charge in [-0.3, -0.25) is 9.59 Å². The number of nitrogens with one attached hydrogen (secondary N) is 2. The molecule has 0 saturated carbocycles. The first-order valence-corrected chi connectivity index (χ1v) is 13.3. The van der Waals surface area contributed by atoms with E-state index in [1.165, 1.54) is 48.6 Å². The van der Waals surface area contributed by atoms with Crippen molar-refractivity contribution in [1.82, 2.24) is 20.4 Å². The van der Waals surface area contributed by atoms with Gasteiger partial charge >= 0.3 is 0 Å². The fraction of sp³-hybridized carbons (Fsp3) is 0.357. The van der Waals surface area contributed by atoms with E-state index in [-0.39, 0.29) is 33.0 Å². The molecule has 0 spiro atoms. The number of halogens is 4.